The molecule has 0 saturated carbocycles. The van der Waals surface area contributed by atoms with E-state index in [0.29, 0.717) is 13.1 Å². The van der Waals surface area contributed by atoms with Crippen LogP contribution in [0.5, 0.6) is 0 Å². The van der Waals surface area contributed by atoms with Crippen LogP contribution in [0.2, 0.25) is 0 Å². The van der Waals surface area contributed by atoms with Gasteiger partial charge in [0.15, 0.2) is 0 Å². The van der Waals surface area contributed by atoms with Crippen molar-refractivity contribution >= 4 is 29.1 Å². The standard InChI is InChI=1S/C23H25N3O3/c1-16-8-10-19(11-9-16)26-15-18(13-21(26)27)23(29)24-14-22(28)25-12-4-6-17-5-2-3-7-20(17)25/h2-3,5,7-11,18H,4,6,12-15H2,1H3,(H,24,29). The van der Waals surface area contributed by atoms with E-state index in [1.165, 1.54) is 0 Å². The number of aryl methyl sites for hydroxylation is 2. The van der Waals surface area contributed by atoms with E-state index in [9.17, 15) is 14.4 Å². The fourth-order valence-electron chi connectivity index (χ4n) is 4.05. The first-order valence-electron chi connectivity index (χ1n) is 10.1. The van der Waals surface area contributed by atoms with Crippen LogP contribution in [-0.2, 0) is 20.8 Å². The van der Waals surface area contributed by atoms with Gasteiger partial charge in [0.25, 0.3) is 0 Å². The van der Waals surface area contributed by atoms with Crippen molar-refractivity contribution in [1.29, 1.82) is 0 Å². The summed E-state index contributed by atoms with van der Waals surface area (Å²) in [5, 5.41) is 2.75. The Morgan fingerprint density at radius 2 is 1.86 bits per heavy atom. The van der Waals surface area contributed by atoms with Gasteiger partial charge in [-0.1, -0.05) is 35.9 Å². The number of benzene rings is 2. The van der Waals surface area contributed by atoms with Gasteiger partial charge in [-0.25, -0.2) is 0 Å². The van der Waals surface area contributed by atoms with E-state index in [1.807, 2.05) is 55.5 Å². The first kappa shape index (κ1) is 19.2. The Morgan fingerprint density at radius 1 is 1.10 bits per heavy atom. The van der Waals surface area contributed by atoms with Crippen molar-refractivity contribution in [2.24, 2.45) is 5.92 Å². The fourth-order valence-corrected chi connectivity index (χ4v) is 4.05. The van der Waals surface area contributed by atoms with E-state index in [2.05, 4.69) is 5.32 Å². The van der Waals surface area contributed by atoms with E-state index in [1.54, 1.807) is 9.80 Å². The maximum Gasteiger partial charge on any atom is 0.246 e. The van der Waals surface area contributed by atoms with E-state index >= 15 is 0 Å². The van der Waals surface area contributed by atoms with Crippen LogP contribution in [0.15, 0.2) is 48.5 Å². The molecule has 2 heterocycles. The molecule has 1 atom stereocenters. The van der Waals surface area contributed by atoms with Crippen LogP contribution >= 0.6 is 0 Å². The molecule has 4 rings (SSSR count). The zero-order valence-corrected chi connectivity index (χ0v) is 16.6. The number of amides is 3. The molecule has 29 heavy (non-hydrogen) atoms. The molecule has 6 heteroatoms. The number of anilines is 2. The van der Waals surface area contributed by atoms with Gasteiger partial charge in [0, 0.05) is 30.9 Å². The third kappa shape index (κ3) is 4.01. The van der Waals surface area contributed by atoms with Gasteiger partial charge in [0.1, 0.15) is 0 Å². The molecule has 1 unspecified atom stereocenters. The summed E-state index contributed by atoms with van der Waals surface area (Å²) < 4.78 is 0. The van der Waals surface area contributed by atoms with Gasteiger partial charge in [-0.15, -0.1) is 0 Å². The van der Waals surface area contributed by atoms with E-state index < -0.39 is 5.92 Å². The highest BCUT2D eigenvalue weighted by molar-refractivity contribution is 6.02. The number of carbonyl (C=O) groups excluding carboxylic acids is 3. The summed E-state index contributed by atoms with van der Waals surface area (Å²) in [6, 6.07) is 15.6. The summed E-state index contributed by atoms with van der Waals surface area (Å²) in [6.07, 6.45) is 2.05. The van der Waals surface area contributed by atoms with Crippen molar-refractivity contribution in [2.45, 2.75) is 26.2 Å². The minimum atomic E-state index is -0.440. The largest absolute Gasteiger partial charge is 0.347 e. The van der Waals surface area contributed by atoms with Crippen molar-refractivity contribution in [3.8, 4) is 0 Å². The van der Waals surface area contributed by atoms with Crippen LogP contribution in [0.1, 0.15) is 24.0 Å². The van der Waals surface area contributed by atoms with Crippen molar-refractivity contribution in [3.05, 3.63) is 59.7 Å². The van der Waals surface area contributed by atoms with Crippen LogP contribution in [-0.4, -0.2) is 37.4 Å². The Morgan fingerprint density at radius 3 is 2.66 bits per heavy atom. The lowest BCUT2D eigenvalue weighted by atomic mass is 10.0. The topological polar surface area (TPSA) is 69.7 Å². The van der Waals surface area contributed by atoms with Gasteiger partial charge in [0.05, 0.1) is 12.5 Å². The minimum Gasteiger partial charge on any atom is -0.347 e. The average Bonchev–Trinajstić information content (AvgIpc) is 3.13. The molecule has 0 aromatic heterocycles. The summed E-state index contributed by atoms with van der Waals surface area (Å²) in [4.78, 5) is 41.1. The summed E-state index contributed by atoms with van der Waals surface area (Å²) >= 11 is 0. The van der Waals surface area contributed by atoms with E-state index in [0.717, 1.165) is 35.3 Å². The molecule has 1 saturated heterocycles. The quantitative estimate of drug-likeness (QED) is 0.870. The Hall–Kier alpha value is -3.15. The Kier molecular flexibility index (Phi) is 5.34. The smallest absolute Gasteiger partial charge is 0.246 e. The molecule has 2 aromatic carbocycles. The molecule has 3 amide bonds. The molecule has 2 aliphatic rings. The number of nitrogens with zero attached hydrogens (tertiary/aromatic N) is 2. The lowest BCUT2D eigenvalue weighted by molar-refractivity contribution is -0.128. The van der Waals surface area contributed by atoms with Crippen LogP contribution < -0.4 is 15.1 Å². The number of nitrogens with one attached hydrogen (secondary N) is 1. The summed E-state index contributed by atoms with van der Waals surface area (Å²) in [6.45, 7) is 2.94. The van der Waals surface area contributed by atoms with Gasteiger partial charge in [-0.2, -0.15) is 0 Å². The maximum absolute atomic E-state index is 12.7. The lowest BCUT2D eigenvalue weighted by Gasteiger charge is -2.29. The van der Waals surface area contributed by atoms with Gasteiger partial charge >= 0.3 is 0 Å². The zero-order chi connectivity index (χ0) is 20.4. The first-order chi connectivity index (χ1) is 14.0. The third-order valence-electron chi connectivity index (χ3n) is 5.67. The van der Waals surface area contributed by atoms with Gasteiger partial charge in [-0.3, -0.25) is 14.4 Å². The fraction of sp³-hybridized carbons (Fsp3) is 0.348. The maximum atomic E-state index is 12.7. The highest BCUT2D eigenvalue weighted by atomic mass is 16.2. The summed E-state index contributed by atoms with van der Waals surface area (Å²) in [5.74, 6) is -0.868. The molecular formula is C23H25N3O3. The minimum absolute atomic E-state index is 0.0532. The van der Waals surface area contributed by atoms with E-state index in [-0.39, 0.29) is 30.7 Å². The Balaban J connectivity index is 1.35. The number of carbonyl (C=O) groups is 3. The van der Waals surface area contributed by atoms with Crippen molar-refractivity contribution in [2.75, 3.05) is 29.4 Å². The van der Waals surface area contributed by atoms with Gasteiger partial charge < -0.3 is 15.1 Å². The highest BCUT2D eigenvalue weighted by Gasteiger charge is 2.35. The second-order valence-electron chi connectivity index (χ2n) is 7.74. The highest BCUT2D eigenvalue weighted by Crippen LogP contribution is 2.27. The molecule has 1 fully saturated rings. The van der Waals surface area contributed by atoms with E-state index in [4.69, 9.17) is 0 Å². The Labute approximate surface area is 170 Å². The zero-order valence-electron chi connectivity index (χ0n) is 16.6. The first-order valence-corrected chi connectivity index (χ1v) is 10.1. The molecule has 2 aliphatic heterocycles. The van der Waals surface area contributed by atoms with Crippen LogP contribution in [0.4, 0.5) is 11.4 Å². The third-order valence-corrected chi connectivity index (χ3v) is 5.67. The molecule has 0 radical (unpaired) electrons. The second-order valence-corrected chi connectivity index (χ2v) is 7.74. The SMILES string of the molecule is Cc1ccc(N2CC(C(=O)NCC(=O)N3CCCc4ccccc43)CC2=O)cc1. The second kappa shape index (κ2) is 8.07. The van der Waals surface area contributed by atoms with Gasteiger partial charge in [0.2, 0.25) is 17.7 Å². The Bertz CT molecular complexity index is 939. The summed E-state index contributed by atoms with van der Waals surface area (Å²) in [5.41, 5.74) is 4.01. The summed E-state index contributed by atoms with van der Waals surface area (Å²) in [7, 11) is 0. The lowest BCUT2D eigenvalue weighted by Crippen LogP contribution is -2.44. The molecule has 150 valence electrons. The number of para-hydroxylation sites is 1. The van der Waals surface area contributed by atoms with Crippen LogP contribution in [0, 0.1) is 12.8 Å². The van der Waals surface area contributed by atoms with Crippen LogP contribution in [0.25, 0.3) is 0 Å². The predicted octanol–water partition coefficient (Wildman–Crippen LogP) is 2.44. The number of hydrogen-bond acceptors (Lipinski definition) is 3. The van der Waals surface area contributed by atoms with Crippen molar-refractivity contribution < 1.29 is 14.4 Å². The molecule has 0 bridgehead atoms. The predicted molar refractivity (Wildman–Crippen MR) is 112 cm³/mol. The number of rotatable bonds is 4. The molecular weight excluding hydrogens is 366 g/mol. The van der Waals surface area contributed by atoms with Crippen molar-refractivity contribution in [1.82, 2.24) is 5.32 Å². The number of fused-ring (bicyclic) bond motifs is 1. The average molecular weight is 391 g/mol. The van der Waals surface area contributed by atoms with Crippen molar-refractivity contribution in [3.63, 3.8) is 0 Å². The molecule has 0 aliphatic carbocycles. The molecule has 6 nitrogen and oxygen atoms in total. The monoisotopic (exact) mass is 391 g/mol. The normalized spacial score (nSPS) is 18.5. The van der Waals surface area contributed by atoms with Crippen LogP contribution in [0.3, 0.4) is 0 Å². The molecule has 2 aromatic rings. The van der Waals surface area contributed by atoms with Gasteiger partial charge in [-0.05, 0) is 43.5 Å². The molecule has 1 N–H and O–H groups in total. The molecule has 0 spiro atoms. The number of hydrogen-bond donors (Lipinski definition) is 1.